The Bertz CT molecular complexity index is 647. The van der Waals surface area contributed by atoms with Gasteiger partial charge in [0.2, 0.25) is 0 Å². The molecule has 0 bridgehead atoms. The number of nitro benzene ring substituents is 1. The number of aryl methyl sites for hydroxylation is 1. The van der Waals surface area contributed by atoms with E-state index in [-0.39, 0.29) is 5.69 Å². The molecule has 6 heteroatoms. The third-order valence-electron chi connectivity index (χ3n) is 2.62. The molecule has 0 spiro atoms. The van der Waals surface area contributed by atoms with Crippen LogP contribution in [0.2, 0.25) is 5.02 Å². The predicted octanol–water partition coefficient (Wildman–Crippen LogP) is 4.90. The van der Waals surface area contributed by atoms with Gasteiger partial charge in [-0.1, -0.05) is 23.7 Å². The third kappa shape index (κ3) is 3.16. The van der Waals surface area contributed by atoms with Crippen molar-refractivity contribution in [3.63, 3.8) is 0 Å². The fourth-order valence-electron chi connectivity index (χ4n) is 1.63. The molecule has 0 saturated heterocycles. The molecule has 0 heterocycles. The lowest BCUT2D eigenvalue weighted by Crippen LogP contribution is -1.95. The Kier molecular flexibility index (Phi) is 4.26. The zero-order valence-electron chi connectivity index (χ0n) is 9.98. The number of halogens is 2. The summed E-state index contributed by atoms with van der Waals surface area (Å²) in [6, 6.07) is 10.6. The summed E-state index contributed by atoms with van der Waals surface area (Å²) in [5.41, 5.74) is 2.62. The molecule has 0 unspecified atom stereocenters. The van der Waals surface area contributed by atoms with E-state index in [4.69, 9.17) is 11.6 Å². The van der Waals surface area contributed by atoms with Crippen LogP contribution in [-0.4, -0.2) is 4.92 Å². The molecule has 0 aliphatic carbocycles. The molecule has 98 valence electrons. The van der Waals surface area contributed by atoms with Crippen LogP contribution < -0.4 is 5.32 Å². The molecule has 0 saturated carbocycles. The SMILES string of the molecule is Cc1cccc(Nc2ccc([N+](=O)[O-])c(I)c2)c1Cl. The zero-order valence-corrected chi connectivity index (χ0v) is 12.9. The van der Waals surface area contributed by atoms with Crippen LogP contribution in [0.3, 0.4) is 0 Å². The number of rotatable bonds is 3. The van der Waals surface area contributed by atoms with Gasteiger partial charge in [-0.3, -0.25) is 10.1 Å². The summed E-state index contributed by atoms with van der Waals surface area (Å²) in [5, 5.41) is 14.6. The second-order valence-electron chi connectivity index (χ2n) is 3.98. The average molecular weight is 389 g/mol. The zero-order chi connectivity index (χ0) is 14.0. The Morgan fingerprint density at radius 2 is 2.05 bits per heavy atom. The van der Waals surface area contributed by atoms with Crippen LogP contribution in [-0.2, 0) is 0 Å². The molecule has 0 aromatic heterocycles. The van der Waals surface area contributed by atoms with Gasteiger partial charge in [-0.15, -0.1) is 0 Å². The minimum absolute atomic E-state index is 0.0986. The van der Waals surface area contributed by atoms with Crippen LogP contribution in [0.1, 0.15) is 5.56 Å². The maximum Gasteiger partial charge on any atom is 0.282 e. The predicted molar refractivity (Wildman–Crippen MR) is 85.3 cm³/mol. The number of nitrogens with zero attached hydrogens (tertiary/aromatic N) is 1. The number of nitro groups is 1. The Morgan fingerprint density at radius 1 is 1.32 bits per heavy atom. The van der Waals surface area contributed by atoms with E-state index in [9.17, 15) is 10.1 Å². The van der Waals surface area contributed by atoms with Crippen molar-refractivity contribution in [1.82, 2.24) is 0 Å². The number of benzene rings is 2. The van der Waals surface area contributed by atoms with Crippen LogP contribution in [0.25, 0.3) is 0 Å². The molecule has 0 radical (unpaired) electrons. The molecule has 0 aliphatic rings. The maximum absolute atomic E-state index is 10.7. The van der Waals surface area contributed by atoms with Gasteiger partial charge in [-0.2, -0.15) is 0 Å². The van der Waals surface area contributed by atoms with Gasteiger partial charge in [0.05, 0.1) is 19.2 Å². The van der Waals surface area contributed by atoms with E-state index in [1.54, 1.807) is 12.1 Å². The minimum Gasteiger partial charge on any atom is -0.354 e. The van der Waals surface area contributed by atoms with Crippen molar-refractivity contribution >= 4 is 51.3 Å². The maximum atomic E-state index is 10.7. The molecule has 0 aliphatic heterocycles. The number of hydrogen-bond acceptors (Lipinski definition) is 3. The molecular formula is C13H10ClIN2O2. The Balaban J connectivity index is 2.32. The van der Waals surface area contributed by atoms with Crippen molar-refractivity contribution in [2.75, 3.05) is 5.32 Å². The van der Waals surface area contributed by atoms with Gasteiger partial charge in [0.1, 0.15) is 0 Å². The van der Waals surface area contributed by atoms with E-state index in [1.165, 1.54) is 6.07 Å². The van der Waals surface area contributed by atoms with Crippen molar-refractivity contribution in [3.05, 3.63) is 60.7 Å². The lowest BCUT2D eigenvalue weighted by Gasteiger charge is -2.10. The van der Waals surface area contributed by atoms with E-state index < -0.39 is 4.92 Å². The first-order chi connectivity index (χ1) is 8.99. The molecule has 1 N–H and O–H groups in total. The van der Waals surface area contributed by atoms with Crippen molar-refractivity contribution in [2.24, 2.45) is 0 Å². The highest BCUT2D eigenvalue weighted by Crippen LogP contribution is 2.30. The largest absolute Gasteiger partial charge is 0.354 e. The quantitative estimate of drug-likeness (QED) is 0.462. The summed E-state index contributed by atoms with van der Waals surface area (Å²) in [6.45, 7) is 1.92. The molecule has 2 aromatic carbocycles. The third-order valence-corrected chi connectivity index (χ3v) is 3.98. The monoisotopic (exact) mass is 388 g/mol. The summed E-state index contributed by atoms with van der Waals surface area (Å²) >= 11 is 8.14. The van der Waals surface area contributed by atoms with Crippen LogP contribution in [0.5, 0.6) is 0 Å². The van der Waals surface area contributed by atoms with Gasteiger partial charge in [0.15, 0.2) is 0 Å². The number of hydrogen-bond donors (Lipinski definition) is 1. The van der Waals surface area contributed by atoms with Crippen molar-refractivity contribution in [3.8, 4) is 0 Å². The van der Waals surface area contributed by atoms with E-state index in [1.807, 2.05) is 47.7 Å². The normalized spacial score (nSPS) is 10.3. The summed E-state index contributed by atoms with van der Waals surface area (Å²) in [4.78, 5) is 10.4. The summed E-state index contributed by atoms with van der Waals surface area (Å²) in [7, 11) is 0. The number of nitrogens with one attached hydrogen (secondary N) is 1. The highest BCUT2D eigenvalue weighted by Gasteiger charge is 2.12. The molecule has 0 atom stereocenters. The summed E-state index contributed by atoms with van der Waals surface area (Å²) in [5.74, 6) is 0. The second-order valence-corrected chi connectivity index (χ2v) is 5.52. The van der Waals surface area contributed by atoms with Crippen molar-refractivity contribution in [2.45, 2.75) is 6.92 Å². The van der Waals surface area contributed by atoms with Crippen molar-refractivity contribution < 1.29 is 4.92 Å². The first kappa shape index (κ1) is 14.1. The smallest absolute Gasteiger partial charge is 0.282 e. The topological polar surface area (TPSA) is 55.2 Å². The van der Waals surface area contributed by atoms with Crippen LogP contribution in [0, 0.1) is 20.6 Å². The highest BCUT2D eigenvalue weighted by molar-refractivity contribution is 14.1. The van der Waals surface area contributed by atoms with Gasteiger partial charge < -0.3 is 5.32 Å². The van der Waals surface area contributed by atoms with Crippen molar-refractivity contribution in [1.29, 1.82) is 0 Å². The highest BCUT2D eigenvalue weighted by atomic mass is 127. The average Bonchev–Trinajstić information content (AvgIpc) is 2.34. The van der Waals surface area contributed by atoms with Gasteiger partial charge in [-0.05, 0) is 53.3 Å². The molecule has 2 aromatic rings. The fourth-order valence-corrected chi connectivity index (χ4v) is 2.52. The lowest BCUT2D eigenvalue weighted by molar-refractivity contribution is -0.385. The van der Waals surface area contributed by atoms with Crippen LogP contribution in [0.15, 0.2) is 36.4 Å². The Labute approximate surface area is 129 Å². The Hall–Kier alpha value is -1.34. The standard InChI is InChI=1S/C13H10ClIN2O2/c1-8-3-2-4-11(13(8)14)16-9-5-6-12(17(18)19)10(15)7-9/h2-7,16H,1H3. The van der Waals surface area contributed by atoms with Gasteiger partial charge in [0, 0.05) is 11.8 Å². The molecule has 0 fully saturated rings. The second kappa shape index (κ2) is 5.75. The van der Waals surface area contributed by atoms with Crippen LogP contribution >= 0.6 is 34.2 Å². The van der Waals surface area contributed by atoms with Gasteiger partial charge in [0.25, 0.3) is 5.69 Å². The van der Waals surface area contributed by atoms with Gasteiger partial charge >= 0.3 is 0 Å². The molecule has 0 amide bonds. The molecule has 19 heavy (non-hydrogen) atoms. The van der Waals surface area contributed by atoms with Crippen LogP contribution in [0.4, 0.5) is 17.1 Å². The fraction of sp³-hybridized carbons (Fsp3) is 0.0769. The molecular weight excluding hydrogens is 379 g/mol. The van der Waals surface area contributed by atoms with Gasteiger partial charge in [-0.25, -0.2) is 0 Å². The van der Waals surface area contributed by atoms with E-state index in [0.29, 0.717) is 8.59 Å². The van der Waals surface area contributed by atoms with E-state index >= 15 is 0 Å². The summed E-state index contributed by atoms with van der Waals surface area (Å²) < 4.78 is 0.580. The van der Waals surface area contributed by atoms with E-state index in [0.717, 1.165) is 16.9 Å². The summed E-state index contributed by atoms with van der Waals surface area (Å²) in [6.07, 6.45) is 0. The molecule has 2 rings (SSSR count). The first-order valence-corrected chi connectivity index (χ1v) is 6.91. The Morgan fingerprint density at radius 3 is 2.68 bits per heavy atom. The van der Waals surface area contributed by atoms with E-state index in [2.05, 4.69) is 5.32 Å². The number of anilines is 2. The minimum atomic E-state index is -0.398. The lowest BCUT2D eigenvalue weighted by atomic mass is 10.2. The molecule has 4 nitrogen and oxygen atoms in total. The first-order valence-electron chi connectivity index (χ1n) is 5.45.